The molecule has 1 aromatic carbocycles. The van der Waals surface area contributed by atoms with E-state index in [2.05, 4.69) is 4.74 Å². The second kappa shape index (κ2) is 8.03. The van der Waals surface area contributed by atoms with Crippen LogP contribution in [0.4, 0.5) is 4.79 Å². The maximum absolute atomic E-state index is 12.9. The fraction of sp³-hybridized carbons (Fsp3) is 0.421. The van der Waals surface area contributed by atoms with E-state index in [1.807, 2.05) is 30.3 Å². The first-order chi connectivity index (χ1) is 12.2. The third-order valence-corrected chi connectivity index (χ3v) is 3.66. The average molecular weight is 360 g/mol. The Balaban J connectivity index is 2.33. The minimum atomic E-state index is -0.679. The number of amides is 2. The Labute approximate surface area is 153 Å². The van der Waals surface area contributed by atoms with E-state index in [0.717, 1.165) is 5.56 Å². The Morgan fingerprint density at radius 2 is 1.81 bits per heavy atom. The molecule has 26 heavy (non-hydrogen) atoms. The quantitative estimate of drug-likeness (QED) is 0.611. The molecule has 0 unspecified atom stereocenters. The van der Waals surface area contributed by atoms with E-state index < -0.39 is 23.6 Å². The van der Waals surface area contributed by atoms with Gasteiger partial charge in [-0.1, -0.05) is 30.3 Å². The molecule has 1 fully saturated rings. The Kier molecular flexibility index (Phi) is 6.02. The van der Waals surface area contributed by atoms with Crippen molar-refractivity contribution >= 4 is 24.0 Å². The van der Waals surface area contributed by atoms with Gasteiger partial charge in [0.25, 0.3) is 5.91 Å². The lowest BCUT2D eigenvalue weighted by molar-refractivity contribution is -0.147. The first-order valence-corrected chi connectivity index (χ1v) is 8.34. The highest BCUT2D eigenvalue weighted by Gasteiger charge is 2.35. The number of piperazine rings is 1. The fourth-order valence-electron chi connectivity index (χ4n) is 2.44. The largest absolute Gasteiger partial charge is 0.468 e. The van der Waals surface area contributed by atoms with Crippen molar-refractivity contribution in [3.8, 4) is 0 Å². The van der Waals surface area contributed by atoms with Crippen LogP contribution >= 0.6 is 0 Å². The van der Waals surface area contributed by atoms with Crippen LogP contribution in [0.1, 0.15) is 26.3 Å². The van der Waals surface area contributed by atoms with Crippen molar-refractivity contribution in [3.05, 3.63) is 41.6 Å². The van der Waals surface area contributed by atoms with Crippen LogP contribution in [-0.4, -0.2) is 60.1 Å². The lowest BCUT2D eigenvalue weighted by Gasteiger charge is -2.36. The molecule has 2 amide bonds. The summed E-state index contributed by atoms with van der Waals surface area (Å²) >= 11 is 0. The van der Waals surface area contributed by atoms with Crippen LogP contribution in [0.15, 0.2) is 36.0 Å². The molecule has 0 bridgehead atoms. The molecular formula is C19H24N2O5. The molecule has 0 aliphatic carbocycles. The van der Waals surface area contributed by atoms with E-state index in [1.165, 1.54) is 16.9 Å². The zero-order chi connectivity index (χ0) is 19.3. The topological polar surface area (TPSA) is 76.2 Å². The number of hydrogen-bond donors (Lipinski definition) is 0. The van der Waals surface area contributed by atoms with Gasteiger partial charge in [0.1, 0.15) is 17.8 Å². The molecule has 1 saturated heterocycles. The number of rotatable bonds is 3. The van der Waals surface area contributed by atoms with Crippen molar-refractivity contribution in [2.45, 2.75) is 26.4 Å². The molecule has 0 N–H and O–H groups in total. The summed E-state index contributed by atoms with van der Waals surface area (Å²) in [4.78, 5) is 39.6. The van der Waals surface area contributed by atoms with Gasteiger partial charge in [-0.15, -0.1) is 0 Å². The van der Waals surface area contributed by atoms with Crippen LogP contribution in [0, 0.1) is 0 Å². The highest BCUT2D eigenvalue weighted by atomic mass is 16.6. The molecule has 1 aliphatic rings. The van der Waals surface area contributed by atoms with Crippen LogP contribution in [0.3, 0.4) is 0 Å². The van der Waals surface area contributed by atoms with Gasteiger partial charge in [0.15, 0.2) is 0 Å². The summed E-state index contributed by atoms with van der Waals surface area (Å²) in [5.74, 6) is -0.931. The number of hydrogen-bond acceptors (Lipinski definition) is 5. The third-order valence-electron chi connectivity index (χ3n) is 3.66. The van der Waals surface area contributed by atoms with Crippen LogP contribution in [0.2, 0.25) is 0 Å². The van der Waals surface area contributed by atoms with E-state index in [1.54, 1.807) is 26.8 Å². The highest BCUT2D eigenvalue weighted by Crippen LogP contribution is 2.21. The van der Waals surface area contributed by atoms with Gasteiger partial charge in [0.2, 0.25) is 0 Å². The van der Waals surface area contributed by atoms with Crippen LogP contribution < -0.4 is 0 Å². The van der Waals surface area contributed by atoms with Crippen molar-refractivity contribution < 1.29 is 23.9 Å². The average Bonchev–Trinajstić information content (AvgIpc) is 2.57. The second-order valence-corrected chi connectivity index (χ2v) is 6.88. The summed E-state index contributed by atoms with van der Waals surface area (Å²) in [5, 5.41) is 0. The van der Waals surface area contributed by atoms with Gasteiger partial charge in [0, 0.05) is 13.1 Å². The Morgan fingerprint density at radius 3 is 2.38 bits per heavy atom. The summed E-state index contributed by atoms with van der Waals surface area (Å²) in [7, 11) is 1.27. The zero-order valence-electron chi connectivity index (χ0n) is 15.5. The molecule has 0 aromatic heterocycles. The number of benzene rings is 1. The summed E-state index contributed by atoms with van der Waals surface area (Å²) in [5.41, 5.74) is 0.256. The first-order valence-electron chi connectivity index (χ1n) is 8.34. The van der Waals surface area contributed by atoms with E-state index >= 15 is 0 Å². The van der Waals surface area contributed by atoms with Gasteiger partial charge in [-0.2, -0.15) is 0 Å². The van der Waals surface area contributed by atoms with Crippen LogP contribution in [0.25, 0.3) is 6.08 Å². The monoisotopic (exact) mass is 360 g/mol. The number of esters is 1. The number of ether oxygens (including phenoxy) is 2. The van der Waals surface area contributed by atoms with Gasteiger partial charge < -0.3 is 14.4 Å². The van der Waals surface area contributed by atoms with Gasteiger partial charge in [-0.05, 0) is 32.4 Å². The molecule has 0 atom stereocenters. The maximum Gasteiger partial charge on any atom is 0.415 e. The van der Waals surface area contributed by atoms with Crippen molar-refractivity contribution in [1.29, 1.82) is 0 Å². The predicted molar refractivity (Wildman–Crippen MR) is 96.0 cm³/mol. The maximum atomic E-state index is 12.9. The molecule has 7 heteroatoms. The Bertz CT molecular complexity index is 706. The number of nitrogens with zero attached hydrogens (tertiary/aromatic N) is 2. The normalized spacial score (nSPS) is 16.6. The van der Waals surface area contributed by atoms with Crippen LogP contribution in [-0.2, 0) is 19.1 Å². The Morgan fingerprint density at radius 1 is 1.15 bits per heavy atom. The van der Waals surface area contributed by atoms with Gasteiger partial charge in [-0.25, -0.2) is 4.79 Å². The number of carbonyl (C=O) groups is 3. The van der Waals surface area contributed by atoms with Gasteiger partial charge >= 0.3 is 12.1 Å². The lowest BCUT2D eigenvalue weighted by Crippen LogP contribution is -2.52. The molecule has 0 radical (unpaired) electrons. The summed E-state index contributed by atoms with van der Waals surface area (Å²) in [6, 6.07) is 9.19. The molecule has 140 valence electrons. The first kappa shape index (κ1) is 19.5. The second-order valence-electron chi connectivity index (χ2n) is 6.88. The van der Waals surface area contributed by atoms with E-state index in [0.29, 0.717) is 0 Å². The standard InChI is InChI=1S/C19H24N2O5/c1-19(2,3)26-18(24)21-11-10-20(13-16(22)25-4)17(23)15(21)12-14-8-6-5-7-9-14/h5-9,12H,10-11,13H2,1-4H3. The third kappa shape index (κ3) is 5.08. The summed E-state index contributed by atoms with van der Waals surface area (Å²) in [6.45, 7) is 5.58. The molecular weight excluding hydrogens is 336 g/mol. The van der Waals surface area contributed by atoms with Gasteiger partial charge in [0.05, 0.1) is 7.11 Å². The molecule has 0 saturated carbocycles. The van der Waals surface area contributed by atoms with Crippen molar-refractivity contribution in [3.63, 3.8) is 0 Å². The fourth-order valence-corrected chi connectivity index (χ4v) is 2.44. The smallest absolute Gasteiger partial charge is 0.415 e. The minimum absolute atomic E-state index is 0.163. The molecule has 1 aliphatic heterocycles. The van der Waals surface area contributed by atoms with Crippen molar-refractivity contribution in [2.75, 3.05) is 26.7 Å². The predicted octanol–water partition coefficient (Wildman–Crippen LogP) is 2.28. The minimum Gasteiger partial charge on any atom is -0.468 e. The number of methoxy groups -OCH3 is 1. The van der Waals surface area contributed by atoms with Crippen molar-refractivity contribution in [2.24, 2.45) is 0 Å². The lowest BCUT2D eigenvalue weighted by atomic mass is 10.1. The van der Waals surface area contributed by atoms with E-state index in [9.17, 15) is 14.4 Å². The summed E-state index contributed by atoms with van der Waals surface area (Å²) in [6.07, 6.45) is 1.03. The Hall–Kier alpha value is -2.83. The molecule has 2 rings (SSSR count). The zero-order valence-corrected chi connectivity index (χ0v) is 15.5. The molecule has 0 spiro atoms. The van der Waals surface area contributed by atoms with Gasteiger partial charge in [-0.3, -0.25) is 14.5 Å². The highest BCUT2D eigenvalue weighted by molar-refractivity contribution is 6.02. The molecule has 1 aromatic rings. The van der Waals surface area contributed by atoms with E-state index in [-0.39, 0.29) is 25.3 Å². The SMILES string of the molecule is COC(=O)CN1CCN(C(=O)OC(C)(C)C)C(=Cc2ccccc2)C1=O. The van der Waals surface area contributed by atoms with Crippen LogP contribution in [0.5, 0.6) is 0 Å². The number of carbonyl (C=O) groups excluding carboxylic acids is 3. The summed E-state index contributed by atoms with van der Waals surface area (Å²) < 4.78 is 10.1. The molecule has 1 heterocycles. The van der Waals surface area contributed by atoms with E-state index in [4.69, 9.17) is 4.74 Å². The van der Waals surface area contributed by atoms with Crippen molar-refractivity contribution in [1.82, 2.24) is 9.80 Å². The molecule has 7 nitrogen and oxygen atoms in total.